The lowest BCUT2D eigenvalue weighted by Gasteiger charge is -2.17. The van der Waals surface area contributed by atoms with E-state index < -0.39 is 18.0 Å². The van der Waals surface area contributed by atoms with Crippen molar-refractivity contribution in [1.82, 2.24) is 5.32 Å². The van der Waals surface area contributed by atoms with E-state index in [0.29, 0.717) is 0 Å². The van der Waals surface area contributed by atoms with Gasteiger partial charge >= 0.3 is 0 Å². The smallest absolute Gasteiger partial charge is 0.141 e. The number of halogens is 1. The van der Waals surface area contributed by atoms with Gasteiger partial charge in [-0.1, -0.05) is 6.07 Å². The maximum atomic E-state index is 13.2. The van der Waals surface area contributed by atoms with Crippen LogP contribution >= 0.6 is 0 Å². The summed E-state index contributed by atoms with van der Waals surface area (Å²) in [4.78, 5) is 0. The normalized spacial score (nSPS) is 14.2. The van der Waals surface area contributed by atoms with Gasteiger partial charge in [-0.3, -0.25) is 0 Å². The Morgan fingerprint density at radius 2 is 2.19 bits per heavy atom. The molecule has 16 heavy (non-hydrogen) atoms. The van der Waals surface area contributed by atoms with Crippen molar-refractivity contribution in [3.05, 3.63) is 35.1 Å². The van der Waals surface area contributed by atoms with Crippen molar-refractivity contribution in [3.63, 3.8) is 0 Å². The molecule has 0 spiro atoms. The van der Waals surface area contributed by atoms with Crippen molar-refractivity contribution < 1.29 is 14.6 Å². The first-order valence-electron chi connectivity index (χ1n) is 4.80. The monoisotopic (exact) mass is 224 g/mol. The van der Waals surface area contributed by atoms with Gasteiger partial charge in [0.25, 0.3) is 0 Å². The van der Waals surface area contributed by atoms with Crippen LogP contribution < -0.4 is 5.32 Å². The van der Waals surface area contributed by atoms with E-state index in [1.54, 1.807) is 13.1 Å². The number of hydrogen-bond acceptors (Lipinski definition) is 4. The molecule has 1 aromatic rings. The van der Waals surface area contributed by atoms with E-state index in [-0.39, 0.29) is 17.7 Å². The molecule has 0 heterocycles. The summed E-state index contributed by atoms with van der Waals surface area (Å²) < 4.78 is 13.2. The maximum Gasteiger partial charge on any atom is 0.141 e. The maximum absolute atomic E-state index is 13.2. The minimum absolute atomic E-state index is 0.0842. The van der Waals surface area contributed by atoms with Crippen LogP contribution in [0.1, 0.15) is 17.2 Å². The molecule has 2 atom stereocenters. The average molecular weight is 224 g/mol. The van der Waals surface area contributed by atoms with E-state index >= 15 is 0 Å². The Bertz CT molecular complexity index is 403. The highest BCUT2D eigenvalue weighted by Crippen LogP contribution is 2.19. The molecule has 2 unspecified atom stereocenters. The number of likely N-dealkylation sites (N-methyl/N-ethyl adjacent to an activating group) is 1. The molecular weight excluding hydrogens is 211 g/mol. The number of nitriles is 1. The van der Waals surface area contributed by atoms with Crippen LogP contribution in [0.2, 0.25) is 0 Å². The summed E-state index contributed by atoms with van der Waals surface area (Å²) in [6, 6.07) is 5.44. The van der Waals surface area contributed by atoms with Gasteiger partial charge in [0, 0.05) is 6.54 Å². The number of aliphatic hydroxyl groups excluding tert-OH is 2. The summed E-state index contributed by atoms with van der Waals surface area (Å²) in [5, 5.41) is 30.4. The van der Waals surface area contributed by atoms with Gasteiger partial charge in [-0.25, -0.2) is 4.39 Å². The van der Waals surface area contributed by atoms with Crippen LogP contribution in [0.5, 0.6) is 0 Å². The molecule has 0 amide bonds. The first-order chi connectivity index (χ1) is 7.60. The molecule has 0 bridgehead atoms. The minimum Gasteiger partial charge on any atom is -0.389 e. The topological polar surface area (TPSA) is 76.3 Å². The van der Waals surface area contributed by atoms with E-state index in [0.717, 1.165) is 6.07 Å². The second kappa shape index (κ2) is 5.56. The van der Waals surface area contributed by atoms with Crippen molar-refractivity contribution in [3.8, 4) is 6.07 Å². The van der Waals surface area contributed by atoms with Crippen LogP contribution in [-0.2, 0) is 0 Å². The first-order valence-corrected chi connectivity index (χ1v) is 4.80. The predicted molar refractivity (Wildman–Crippen MR) is 56.0 cm³/mol. The lowest BCUT2D eigenvalue weighted by Crippen LogP contribution is -2.29. The van der Waals surface area contributed by atoms with E-state index in [2.05, 4.69) is 5.32 Å². The number of aliphatic hydroxyl groups is 2. The van der Waals surface area contributed by atoms with Crippen molar-refractivity contribution in [2.45, 2.75) is 12.2 Å². The molecule has 86 valence electrons. The van der Waals surface area contributed by atoms with Crippen molar-refractivity contribution >= 4 is 0 Å². The zero-order chi connectivity index (χ0) is 12.1. The Labute approximate surface area is 93.0 Å². The van der Waals surface area contributed by atoms with Crippen molar-refractivity contribution in [1.29, 1.82) is 5.26 Å². The largest absolute Gasteiger partial charge is 0.389 e. The van der Waals surface area contributed by atoms with Crippen molar-refractivity contribution in [2.24, 2.45) is 0 Å². The summed E-state index contributed by atoms with van der Waals surface area (Å²) in [5.74, 6) is -0.698. The lowest BCUT2D eigenvalue weighted by atomic mass is 10.0. The number of nitrogens with zero attached hydrogens (tertiary/aromatic N) is 1. The molecule has 0 aliphatic rings. The van der Waals surface area contributed by atoms with Gasteiger partial charge in [0.1, 0.15) is 18.0 Å². The molecule has 0 fully saturated rings. The molecule has 0 radical (unpaired) electrons. The number of benzene rings is 1. The minimum atomic E-state index is -1.17. The second-order valence-electron chi connectivity index (χ2n) is 3.42. The molecule has 1 rings (SSSR count). The standard InChI is InChI=1S/C11H13FN2O2/c1-14-6-10(15)11(16)7-2-3-8(5-13)9(12)4-7/h2-4,10-11,14-16H,6H2,1H3. The van der Waals surface area contributed by atoms with Crippen LogP contribution in [0.25, 0.3) is 0 Å². The van der Waals surface area contributed by atoms with Gasteiger partial charge in [0.15, 0.2) is 0 Å². The summed E-state index contributed by atoms with van der Waals surface area (Å²) in [6.45, 7) is 0.197. The van der Waals surface area contributed by atoms with Crippen LogP contribution in [0.4, 0.5) is 4.39 Å². The molecule has 1 aromatic carbocycles. The SMILES string of the molecule is CNCC(O)C(O)c1ccc(C#N)c(F)c1. The number of nitrogens with one attached hydrogen (secondary N) is 1. The Morgan fingerprint density at radius 3 is 2.69 bits per heavy atom. The highest BCUT2D eigenvalue weighted by Gasteiger charge is 2.18. The van der Waals surface area contributed by atoms with Gasteiger partial charge in [0.2, 0.25) is 0 Å². The molecule has 4 nitrogen and oxygen atoms in total. The van der Waals surface area contributed by atoms with Gasteiger partial charge in [-0.2, -0.15) is 5.26 Å². The predicted octanol–water partition coefficient (Wildman–Crippen LogP) is 0.311. The lowest BCUT2D eigenvalue weighted by molar-refractivity contribution is 0.0201. The fourth-order valence-electron chi connectivity index (χ4n) is 1.35. The molecule has 0 aliphatic heterocycles. The number of hydrogen-bond donors (Lipinski definition) is 3. The first kappa shape index (κ1) is 12.6. The molecule has 3 N–H and O–H groups in total. The van der Waals surface area contributed by atoms with Crippen molar-refractivity contribution in [2.75, 3.05) is 13.6 Å². The summed E-state index contributed by atoms with van der Waals surface area (Å²) in [5.41, 5.74) is 0.165. The van der Waals surface area contributed by atoms with Crippen LogP contribution in [0, 0.1) is 17.1 Å². The van der Waals surface area contributed by atoms with Gasteiger partial charge in [0.05, 0.1) is 11.7 Å². The zero-order valence-electron chi connectivity index (χ0n) is 8.81. The Morgan fingerprint density at radius 1 is 1.50 bits per heavy atom. The summed E-state index contributed by atoms with van der Waals surface area (Å²) in [6.07, 6.45) is -2.19. The third-order valence-electron chi connectivity index (χ3n) is 2.23. The molecule has 0 aromatic heterocycles. The molecule has 0 saturated carbocycles. The quantitative estimate of drug-likeness (QED) is 0.688. The summed E-state index contributed by atoms with van der Waals surface area (Å²) in [7, 11) is 1.63. The van der Waals surface area contributed by atoms with E-state index in [4.69, 9.17) is 5.26 Å². The van der Waals surface area contributed by atoms with Crippen LogP contribution in [-0.4, -0.2) is 29.9 Å². The van der Waals surface area contributed by atoms with Gasteiger partial charge < -0.3 is 15.5 Å². The van der Waals surface area contributed by atoms with E-state index in [9.17, 15) is 14.6 Å². The van der Waals surface area contributed by atoms with Crippen LogP contribution in [0.15, 0.2) is 18.2 Å². The Kier molecular flexibility index (Phi) is 4.38. The molecular formula is C11H13FN2O2. The number of rotatable bonds is 4. The highest BCUT2D eigenvalue weighted by atomic mass is 19.1. The summed E-state index contributed by atoms with van der Waals surface area (Å²) >= 11 is 0. The fraction of sp³-hybridized carbons (Fsp3) is 0.364. The average Bonchev–Trinajstić information content (AvgIpc) is 2.28. The van der Waals surface area contributed by atoms with E-state index in [1.807, 2.05) is 0 Å². The third-order valence-corrected chi connectivity index (χ3v) is 2.23. The van der Waals surface area contributed by atoms with Crippen LogP contribution in [0.3, 0.4) is 0 Å². The second-order valence-corrected chi connectivity index (χ2v) is 3.42. The van der Waals surface area contributed by atoms with E-state index in [1.165, 1.54) is 12.1 Å². The third kappa shape index (κ3) is 2.76. The molecule has 0 aliphatic carbocycles. The molecule has 5 heteroatoms. The zero-order valence-corrected chi connectivity index (χ0v) is 8.81. The van der Waals surface area contributed by atoms with Gasteiger partial charge in [-0.05, 0) is 24.7 Å². The highest BCUT2D eigenvalue weighted by molar-refractivity contribution is 5.34. The Balaban J connectivity index is 2.89. The Hall–Kier alpha value is -1.48. The molecule has 0 saturated heterocycles. The van der Waals surface area contributed by atoms with Gasteiger partial charge in [-0.15, -0.1) is 0 Å². The fourth-order valence-corrected chi connectivity index (χ4v) is 1.35.